The van der Waals surface area contributed by atoms with Crippen LogP contribution in [0.15, 0.2) is 41.2 Å². The largest absolute Gasteiger partial charge is 0.493 e. The summed E-state index contributed by atoms with van der Waals surface area (Å²) in [6.45, 7) is 0.367. The van der Waals surface area contributed by atoms with E-state index in [1.807, 2.05) is 0 Å². The van der Waals surface area contributed by atoms with Gasteiger partial charge in [0.05, 0.1) is 32.9 Å². The van der Waals surface area contributed by atoms with Crippen molar-refractivity contribution in [2.75, 3.05) is 27.9 Å². The van der Waals surface area contributed by atoms with Crippen LogP contribution >= 0.6 is 0 Å². The SMILES string of the molecule is COc1c(C=O)cc2c(c1OC)-c1ccc(OC)c(=O)cc1[C@@H](NC(=O)C1CCC(CN3C(=O)C=CC3=O)CC1)CC2. The van der Waals surface area contributed by atoms with Gasteiger partial charge in [0.15, 0.2) is 23.5 Å². The third-order valence-electron chi connectivity index (χ3n) is 8.57. The number of imide groups is 1. The Morgan fingerprint density at radius 2 is 1.62 bits per heavy atom. The average molecular weight is 575 g/mol. The monoisotopic (exact) mass is 574 g/mol. The van der Waals surface area contributed by atoms with E-state index in [2.05, 4.69) is 5.32 Å². The number of hydrogen-bond acceptors (Lipinski definition) is 8. The lowest BCUT2D eigenvalue weighted by Crippen LogP contribution is -2.39. The topological polar surface area (TPSA) is 128 Å². The molecule has 0 aromatic heterocycles. The highest BCUT2D eigenvalue weighted by Gasteiger charge is 2.34. The van der Waals surface area contributed by atoms with Crippen LogP contribution in [0.2, 0.25) is 0 Å². The van der Waals surface area contributed by atoms with E-state index in [1.54, 1.807) is 18.2 Å². The first-order valence-electron chi connectivity index (χ1n) is 14.1. The molecule has 220 valence electrons. The van der Waals surface area contributed by atoms with Crippen LogP contribution in [0.4, 0.5) is 0 Å². The predicted molar refractivity (Wildman–Crippen MR) is 154 cm³/mol. The highest BCUT2D eigenvalue weighted by Crippen LogP contribution is 2.47. The molecule has 0 bridgehead atoms. The summed E-state index contributed by atoms with van der Waals surface area (Å²) in [6.07, 6.45) is 7.04. The van der Waals surface area contributed by atoms with Gasteiger partial charge in [-0.1, -0.05) is 6.07 Å². The molecule has 2 aliphatic carbocycles. The summed E-state index contributed by atoms with van der Waals surface area (Å²) in [5.41, 5.74) is 2.87. The summed E-state index contributed by atoms with van der Waals surface area (Å²) in [5.74, 6) is 0.0853. The number of hydrogen-bond donors (Lipinski definition) is 1. The molecule has 1 aliphatic heterocycles. The number of methoxy groups -OCH3 is 3. The zero-order valence-corrected chi connectivity index (χ0v) is 23.9. The fourth-order valence-electron chi connectivity index (χ4n) is 6.38. The van der Waals surface area contributed by atoms with Gasteiger partial charge in [0.2, 0.25) is 11.3 Å². The zero-order chi connectivity index (χ0) is 30.0. The van der Waals surface area contributed by atoms with E-state index in [0.717, 1.165) is 24.7 Å². The Labute approximate surface area is 243 Å². The van der Waals surface area contributed by atoms with Gasteiger partial charge >= 0.3 is 0 Å². The molecule has 0 radical (unpaired) electrons. The van der Waals surface area contributed by atoms with Crippen LogP contribution in [0.25, 0.3) is 11.1 Å². The van der Waals surface area contributed by atoms with Crippen LogP contribution in [0.1, 0.15) is 59.6 Å². The minimum atomic E-state index is -0.483. The molecular weight excluding hydrogens is 540 g/mol. The van der Waals surface area contributed by atoms with E-state index in [1.165, 1.54) is 44.4 Å². The predicted octanol–water partition coefficient (Wildman–Crippen LogP) is 3.39. The lowest BCUT2D eigenvalue weighted by Gasteiger charge is -2.31. The Bertz CT molecular complexity index is 1510. The Morgan fingerprint density at radius 3 is 2.24 bits per heavy atom. The standard InChI is InChI=1S/C32H34N2O8/c1-40-26-11-9-22-23(15-25(26)36)24(10-8-20-14-21(17-35)30(41-2)31(42-3)29(20)22)33-32(39)19-6-4-18(5-7-19)16-34-27(37)12-13-28(34)38/h9,11-15,17-19,24H,4-8,10,16H2,1-3H3,(H,33,39)/t18?,19?,24-/m0/s1. The molecule has 3 aliphatic rings. The molecule has 1 saturated carbocycles. The molecule has 1 fully saturated rings. The van der Waals surface area contributed by atoms with Gasteiger partial charge in [-0.15, -0.1) is 0 Å². The van der Waals surface area contributed by atoms with Gasteiger partial charge in [0.25, 0.3) is 11.8 Å². The number of nitrogens with zero attached hydrogens (tertiary/aromatic N) is 1. The fourth-order valence-corrected chi connectivity index (χ4v) is 6.38. The smallest absolute Gasteiger partial charge is 0.253 e. The molecule has 2 aromatic rings. The molecule has 0 spiro atoms. The van der Waals surface area contributed by atoms with Crippen LogP contribution in [-0.4, -0.2) is 56.8 Å². The minimum Gasteiger partial charge on any atom is -0.493 e. The zero-order valence-electron chi connectivity index (χ0n) is 23.9. The summed E-state index contributed by atoms with van der Waals surface area (Å²) in [7, 11) is 4.40. The number of benzene rings is 1. The van der Waals surface area contributed by atoms with Crippen molar-refractivity contribution < 1.29 is 33.4 Å². The third kappa shape index (κ3) is 5.41. The maximum atomic E-state index is 13.6. The number of aryl methyl sites for hydroxylation is 1. The summed E-state index contributed by atoms with van der Waals surface area (Å²) in [6, 6.07) is 6.17. The van der Waals surface area contributed by atoms with Crippen LogP contribution in [0.3, 0.4) is 0 Å². The second kappa shape index (κ2) is 12.2. The van der Waals surface area contributed by atoms with Gasteiger partial charge in [-0.2, -0.15) is 0 Å². The van der Waals surface area contributed by atoms with Crippen molar-refractivity contribution in [2.24, 2.45) is 11.8 Å². The molecule has 5 rings (SSSR count). The Morgan fingerprint density at radius 1 is 0.929 bits per heavy atom. The normalized spacial score (nSPS) is 21.2. The van der Waals surface area contributed by atoms with Crippen molar-refractivity contribution in [3.05, 3.63) is 63.3 Å². The maximum absolute atomic E-state index is 13.6. The first-order valence-corrected chi connectivity index (χ1v) is 14.1. The van der Waals surface area contributed by atoms with E-state index in [4.69, 9.17) is 14.2 Å². The maximum Gasteiger partial charge on any atom is 0.253 e. The summed E-state index contributed by atoms with van der Waals surface area (Å²) in [5, 5.41) is 3.21. The van der Waals surface area contributed by atoms with Crippen molar-refractivity contribution >= 4 is 24.0 Å². The van der Waals surface area contributed by atoms with Crippen LogP contribution in [0.5, 0.6) is 17.2 Å². The molecule has 2 aromatic carbocycles. The summed E-state index contributed by atoms with van der Waals surface area (Å²) in [4.78, 5) is 63.7. The van der Waals surface area contributed by atoms with Crippen LogP contribution in [-0.2, 0) is 20.8 Å². The second-order valence-corrected chi connectivity index (χ2v) is 10.9. The van der Waals surface area contributed by atoms with Gasteiger partial charge in [0, 0.05) is 30.2 Å². The molecule has 0 saturated heterocycles. The van der Waals surface area contributed by atoms with Crippen molar-refractivity contribution in [3.8, 4) is 28.4 Å². The van der Waals surface area contributed by atoms with E-state index >= 15 is 0 Å². The van der Waals surface area contributed by atoms with Crippen molar-refractivity contribution in [3.63, 3.8) is 0 Å². The lowest BCUT2D eigenvalue weighted by molar-refractivity contribution is -0.138. The van der Waals surface area contributed by atoms with Gasteiger partial charge in [-0.25, -0.2) is 0 Å². The molecule has 10 nitrogen and oxygen atoms in total. The molecule has 1 N–H and O–H groups in total. The van der Waals surface area contributed by atoms with E-state index < -0.39 is 6.04 Å². The Hall–Kier alpha value is -4.47. The molecule has 42 heavy (non-hydrogen) atoms. The number of fused-ring (bicyclic) bond motifs is 3. The van der Waals surface area contributed by atoms with Gasteiger partial charge in [-0.05, 0) is 79.3 Å². The number of ether oxygens (including phenoxy) is 3. The average Bonchev–Trinajstić information content (AvgIpc) is 3.14. The van der Waals surface area contributed by atoms with Crippen LogP contribution in [0, 0.1) is 11.8 Å². The van der Waals surface area contributed by atoms with E-state index in [-0.39, 0.29) is 40.7 Å². The van der Waals surface area contributed by atoms with Crippen molar-refractivity contribution in [2.45, 2.75) is 44.6 Å². The highest BCUT2D eigenvalue weighted by atomic mass is 16.5. The minimum absolute atomic E-state index is 0.102. The van der Waals surface area contributed by atoms with Gasteiger partial charge in [-0.3, -0.25) is 28.9 Å². The second-order valence-electron chi connectivity index (χ2n) is 10.9. The van der Waals surface area contributed by atoms with Crippen molar-refractivity contribution in [1.29, 1.82) is 0 Å². The highest BCUT2D eigenvalue weighted by molar-refractivity contribution is 6.12. The fraction of sp³-hybridized carbons (Fsp3) is 0.406. The van der Waals surface area contributed by atoms with Crippen LogP contribution < -0.4 is 25.0 Å². The lowest BCUT2D eigenvalue weighted by atomic mass is 9.81. The summed E-state index contributed by atoms with van der Waals surface area (Å²) >= 11 is 0. The molecule has 3 amide bonds. The first-order chi connectivity index (χ1) is 20.3. The van der Waals surface area contributed by atoms with E-state index in [0.29, 0.717) is 66.0 Å². The third-order valence-corrected chi connectivity index (χ3v) is 8.57. The molecule has 0 unspecified atom stereocenters. The Kier molecular flexibility index (Phi) is 8.42. The van der Waals surface area contributed by atoms with Crippen molar-refractivity contribution in [1.82, 2.24) is 10.2 Å². The molecule has 1 heterocycles. The molecule has 1 atom stereocenters. The quantitative estimate of drug-likeness (QED) is 0.375. The number of carbonyl (C=O) groups is 4. The Balaban J connectivity index is 1.43. The molecule has 10 heteroatoms. The number of amides is 3. The summed E-state index contributed by atoms with van der Waals surface area (Å²) < 4.78 is 16.6. The number of nitrogens with one attached hydrogen (secondary N) is 1. The number of aldehydes is 1. The first kappa shape index (κ1) is 29.0. The number of carbonyl (C=O) groups excluding carboxylic acids is 4. The van der Waals surface area contributed by atoms with Gasteiger partial charge in [0.1, 0.15) is 0 Å². The molecular formula is C32H34N2O8. The number of rotatable bonds is 8. The van der Waals surface area contributed by atoms with E-state index in [9.17, 15) is 24.0 Å². The van der Waals surface area contributed by atoms with Gasteiger partial charge < -0.3 is 19.5 Å².